The van der Waals surface area contributed by atoms with E-state index >= 15 is 0 Å². The molecule has 2 rings (SSSR count). The highest BCUT2D eigenvalue weighted by molar-refractivity contribution is 5.51. The average molecular weight is 235 g/mol. The van der Waals surface area contributed by atoms with Crippen LogP contribution in [0.25, 0.3) is 0 Å². The molecule has 1 aromatic carbocycles. The van der Waals surface area contributed by atoms with Crippen molar-refractivity contribution in [2.24, 2.45) is 0 Å². The fourth-order valence-electron chi connectivity index (χ4n) is 2.41. The smallest absolute Gasteiger partial charge is 0.164 e. The Bertz CT molecular complexity index is 421. The Hall–Kier alpha value is -1.22. The van der Waals surface area contributed by atoms with Crippen LogP contribution in [0, 0.1) is 0 Å². The van der Waals surface area contributed by atoms with Gasteiger partial charge in [-0.25, -0.2) is 0 Å². The summed E-state index contributed by atoms with van der Waals surface area (Å²) in [5.74, 6) is 0.895. The van der Waals surface area contributed by atoms with Crippen LogP contribution in [0.1, 0.15) is 31.9 Å². The van der Waals surface area contributed by atoms with E-state index in [0.29, 0.717) is 5.75 Å². The van der Waals surface area contributed by atoms with Crippen molar-refractivity contribution in [1.29, 1.82) is 0 Å². The lowest BCUT2D eigenvalue weighted by Crippen LogP contribution is -2.44. The van der Waals surface area contributed by atoms with Crippen LogP contribution in [0.4, 0.5) is 0 Å². The zero-order chi connectivity index (χ0) is 12.6. The molecule has 0 amide bonds. The third-order valence-electron chi connectivity index (χ3n) is 3.48. The zero-order valence-corrected chi connectivity index (χ0v) is 11.1. The highest BCUT2D eigenvalue weighted by atomic mass is 16.5. The van der Waals surface area contributed by atoms with Gasteiger partial charge in [0, 0.05) is 24.2 Å². The van der Waals surface area contributed by atoms with E-state index in [1.54, 1.807) is 13.2 Å². The molecule has 94 valence electrons. The zero-order valence-electron chi connectivity index (χ0n) is 11.1. The van der Waals surface area contributed by atoms with Crippen LogP contribution in [0.5, 0.6) is 11.5 Å². The molecule has 0 saturated carbocycles. The number of phenolic OH excluding ortho intramolecular Hbond substituents is 1. The summed E-state index contributed by atoms with van der Waals surface area (Å²) in [4.78, 5) is 2.45. The first-order chi connectivity index (χ1) is 7.93. The molecule has 0 aromatic heterocycles. The van der Waals surface area contributed by atoms with E-state index in [-0.39, 0.29) is 11.3 Å². The number of fused-ring (bicyclic) bond motifs is 1. The second-order valence-corrected chi connectivity index (χ2v) is 5.60. The van der Waals surface area contributed by atoms with E-state index in [2.05, 4.69) is 25.7 Å². The first-order valence-corrected chi connectivity index (χ1v) is 6.06. The van der Waals surface area contributed by atoms with Crippen molar-refractivity contribution in [3.63, 3.8) is 0 Å². The fourth-order valence-corrected chi connectivity index (χ4v) is 2.41. The van der Waals surface area contributed by atoms with E-state index in [9.17, 15) is 5.11 Å². The summed E-state index contributed by atoms with van der Waals surface area (Å²) < 4.78 is 5.30. The maximum atomic E-state index is 9.75. The molecular weight excluding hydrogens is 214 g/mol. The van der Waals surface area contributed by atoms with Crippen LogP contribution < -0.4 is 4.74 Å². The molecule has 0 radical (unpaired) electrons. The molecule has 1 N–H and O–H groups in total. The normalized spacial score (nSPS) is 16.7. The van der Waals surface area contributed by atoms with Crippen molar-refractivity contribution in [3.8, 4) is 11.5 Å². The van der Waals surface area contributed by atoms with Gasteiger partial charge < -0.3 is 9.84 Å². The van der Waals surface area contributed by atoms with E-state index in [0.717, 1.165) is 25.1 Å². The number of phenols is 1. The molecule has 0 bridgehead atoms. The minimum absolute atomic E-state index is 0.183. The number of benzene rings is 1. The number of nitrogens with zero attached hydrogens (tertiary/aromatic N) is 1. The summed E-state index contributed by atoms with van der Waals surface area (Å²) in [6.07, 6.45) is 0.935. The number of ether oxygens (including phenoxy) is 1. The van der Waals surface area contributed by atoms with Crippen LogP contribution in [-0.2, 0) is 13.0 Å². The van der Waals surface area contributed by atoms with Gasteiger partial charge in [-0.1, -0.05) is 6.07 Å². The van der Waals surface area contributed by atoms with Crippen molar-refractivity contribution in [3.05, 3.63) is 23.3 Å². The molecule has 0 aliphatic carbocycles. The third kappa shape index (κ3) is 2.25. The van der Waals surface area contributed by atoms with E-state index in [1.165, 1.54) is 5.56 Å². The summed E-state index contributed by atoms with van der Waals surface area (Å²) in [6.45, 7) is 8.63. The molecule has 1 aliphatic rings. The van der Waals surface area contributed by atoms with Crippen molar-refractivity contribution < 1.29 is 9.84 Å². The average Bonchev–Trinajstić information content (AvgIpc) is 2.27. The highest BCUT2D eigenvalue weighted by Crippen LogP contribution is 2.36. The summed E-state index contributed by atoms with van der Waals surface area (Å²) in [5, 5.41) is 9.75. The Kier molecular flexibility index (Phi) is 3.04. The van der Waals surface area contributed by atoms with Crippen LogP contribution in [0.2, 0.25) is 0 Å². The largest absolute Gasteiger partial charge is 0.504 e. The predicted octanol–water partition coefficient (Wildman–Crippen LogP) is 2.56. The number of rotatable bonds is 1. The standard InChI is InChI=1S/C14H21NO2/c1-14(2,3)15-8-7-11-10(9-15)5-6-12(16)13(11)17-4/h5-6,16H,7-9H2,1-4H3. The first kappa shape index (κ1) is 12.2. The molecule has 0 atom stereocenters. The molecule has 0 saturated heterocycles. The summed E-state index contributed by atoms with van der Waals surface area (Å²) >= 11 is 0. The van der Waals surface area contributed by atoms with Gasteiger partial charge in [-0.15, -0.1) is 0 Å². The molecule has 1 aromatic rings. The molecule has 0 spiro atoms. The van der Waals surface area contributed by atoms with Gasteiger partial charge in [0.05, 0.1) is 7.11 Å². The van der Waals surface area contributed by atoms with Crippen LogP contribution in [0.3, 0.4) is 0 Å². The van der Waals surface area contributed by atoms with Crippen molar-refractivity contribution in [2.45, 2.75) is 39.3 Å². The lowest BCUT2D eigenvalue weighted by Gasteiger charge is -2.39. The van der Waals surface area contributed by atoms with Gasteiger partial charge in [0.15, 0.2) is 11.5 Å². The Balaban J connectivity index is 2.35. The Labute approximate surface area is 103 Å². The topological polar surface area (TPSA) is 32.7 Å². The maximum absolute atomic E-state index is 9.75. The lowest BCUT2D eigenvalue weighted by atomic mass is 9.94. The van der Waals surface area contributed by atoms with Crippen LogP contribution in [0.15, 0.2) is 12.1 Å². The van der Waals surface area contributed by atoms with Gasteiger partial charge in [-0.2, -0.15) is 0 Å². The fraction of sp³-hybridized carbons (Fsp3) is 0.571. The van der Waals surface area contributed by atoms with Gasteiger partial charge >= 0.3 is 0 Å². The maximum Gasteiger partial charge on any atom is 0.164 e. The van der Waals surface area contributed by atoms with E-state index in [4.69, 9.17) is 4.74 Å². The molecule has 3 heteroatoms. The monoisotopic (exact) mass is 235 g/mol. The van der Waals surface area contributed by atoms with Gasteiger partial charge in [-0.05, 0) is 38.8 Å². The minimum Gasteiger partial charge on any atom is -0.504 e. The number of hydrogen-bond donors (Lipinski definition) is 1. The summed E-state index contributed by atoms with van der Waals surface area (Å²) in [6, 6.07) is 3.73. The van der Waals surface area contributed by atoms with Crippen molar-refractivity contribution in [1.82, 2.24) is 4.90 Å². The number of aromatic hydroxyl groups is 1. The molecule has 1 aliphatic heterocycles. The van der Waals surface area contributed by atoms with Gasteiger partial charge in [0.2, 0.25) is 0 Å². The van der Waals surface area contributed by atoms with Gasteiger partial charge in [-0.3, -0.25) is 4.90 Å². The second-order valence-electron chi connectivity index (χ2n) is 5.60. The third-order valence-corrected chi connectivity index (χ3v) is 3.48. The minimum atomic E-state index is 0.183. The number of methoxy groups -OCH3 is 1. The van der Waals surface area contributed by atoms with Crippen molar-refractivity contribution in [2.75, 3.05) is 13.7 Å². The molecule has 1 heterocycles. The lowest BCUT2D eigenvalue weighted by molar-refractivity contribution is 0.120. The van der Waals surface area contributed by atoms with Crippen LogP contribution in [-0.4, -0.2) is 29.2 Å². The quantitative estimate of drug-likeness (QED) is 0.812. The number of hydrogen-bond acceptors (Lipinski definition) is 3. The van der Waals surface area contributed by atoms with Crippen LogP contribution >= 0.6 is 0 Å². The second kappa shape index (κ2) is 4.22. The Morgan fingerprint density at radius 2 is 2.00 bits per heavy atom. The van der Waals surface area contributed by atoms with E-state index < -0.39 is 0 Å². The first-order valence-electron chi connectivity index (χ1n) is 6.06. The Morgan fingerprint density at radius 1 is 1.29 bits per heavy atom. The van der Waals surface area contributed by atoms with Crippen molar-refractivity contribution >= 4 is 0 Å². The molecule has 0 fully saturated rings. The van der Waals surface area contributed by atoms with Gasteiger partial charge in [0.25, 0.3) is 0 Å². The Morgan fingerprint density at radius 3 is 2.59 bits per heavy atom. The predicted molar refractivity (Wildman–Crippen MR) is 68.5 cm³/mol. The molecule has 0 unspecified atom stereocenters. The summed E-state index contributed by atoms with van der Waals surface area (Å²) in [7, 11) is 1.62. The molecule has 3 nitrogen and oxygen atoms in total. The molecular formula is C14H21NO2. The SMILES string of the molecule is COc1c(O)ccc2c1CCN(C(C)(C)C)C2. The van der Waals surface area contributed by atoms with Gasteiger partial charge in [0.1, 0.15) is 0 Å². The molecule has 17 heavy (non-hydrogen) atoms. The van der Waals surface area contributed by atoms with E-state index in [1.807, 2.05) is 6.07 Å². The summed E-state index contributed by atoms with van der Waals surface area (Å²) in [5.41, 5.74) is 2.61. The highest BCUT2D eigenvalue weighted by Gasteiger charge is 2.27.